The topological polar surface area (TPSA) is 12.5 Å². The van der Waals surface area contributed by atoms with Crippen molar-refractivity contribution < 1.29 is 48.6 Å². The summed E-state index contributed by atoms with van der Waals surface area (Å²) in [5.41, 5.74) is -8.43. The van der Waals surface area contributed by atoms with Gasteiger partial charge in [-0.25, -0.2) is 39.5 Å². The molecule has 0 amide bonds. The van der Waals surface area contributed by atoms with E-state index in [1.54, 1.807) is 0 Å². The normalized spacial score (nSPS) is 26.1. The van der Waals surface area contributed by atoms with E-state index in [1.165, 1.54) is 0 Å². The van der Waals surface area contributed by atoms with Gasteiger partial charge in [-0.1, -0.05) is 18.2 Å². The van der Waals surface area contributed by atoms with E-state index >= 15 is 0 Å². The van der Waals surface area contributed by atoms with Gasteiger partial charge in [-0.05, 0) is 6.07 Å². The third kappa shape index (κ3) is 2.16. The first-order chi connectivity index (χ1) is 13.5. The van der Waals surface area contributed by atoms with E-state index in [0.717, 1.165) is 12.1 Å². The first-order valence-corrected chi connectivity index (χ1v) is 7.63. The van der Waals surface area contributed by atoms with Crippen molar-refractivity contribution in [3.05, 3.63) is 82.2 Å². The van der Waals surface area contributed by atoms with Crippen LogP contribution in [0.3, 0.4) is 0 Å². The smallest absolute Gasteiger partial charge is 0.306 e. The van der Waals surface area contributed by atoms with Crippen LogP contribution in [-0.2, 0) is 10.3 Å². The number of benzene rings is 2. The maximum absolute atomic E-state index is 14.8. The third-order valence-electron chi connectivity index (χ3n) is 4.64. The van der Waals surface area contributed by atoms with Gasteiger partial charge in [0.15, 0.2) is 40.7 Å². The van der Waals surface area contributed by atoms with Gasteiger partial charge in [-0.2, -0.15) is 4.39 Å². The second-order valence-corrected chi connectivity index (χ2v) is 6.12. The van der Waals surface area contributed by atoms with Crippen LogP contribution in [0.4, 0.5) is 43.9 Å². The van der Waals surface area contributed by atoms with Crippen LogP contribution in [0.5, 0.6) is 0 Å². The van der Waals surface area contributed by atoms with Crippen molar-refractivity contribution >= 4 is 0 Å². The van der Waals surface area contributed by atoms with E-state index in [2.05, 4.69) is 4.74 Å². The van der Waals surface area contributed by atoms with Crippen LogP contribution in [0.15, 0.2) is 47.6 Å². The molecule has 0 bridgehead atoms. The Morgan fingerprint density at radius 1 is 0.655 bits per heavy atom. The summed E-state index contributed by atoms with van der Waals surface area (Å²) >= 11 is 0. The summed E-state index contributed by atoms with van der Waals surface area (Å²) in [4.78, 5) is 0. The Balaban J connectivity index is 2.16. The number of fused-ring (bicyclic) bond motifs is 1. The molecule has 0 radical (unpaired) electrons. The van der Waals surface area contributed by atoms with Gasteiger partial charge in [-0.3, -0.25) is 0 Å². The Bertz CT molecular complexity index is 1150. The largest absolute Gasteiger partial charge is 0.312 e. The van der Waals surface area contributed by atoms with Crippen LogP contribution < -0.4 is 0 Å². The molecule has 2 atom stereocenters. The fraction of sp³-hybridized carbons (Fsp3) is 0.111. The van der Waals surface area contributed by atoms with Crippen molar-refractivity contribution in [3.8, 4) is 11.1 Å². The molecule has 152 valence electrons. The molecule has 0 saturated carbocycles. The lowest BCUT2D eigenvalue weighted by Gasteiger charge is -2.22. The molecule has 2 aromatic rings. The van der Waals surface area contributed by atoms with E-state index in [-0.39, 0.29) is 0 Å². The molecule has 1 nitrogen and oxygen atoms in total. The summed E-state index contributed by atoms with van der Waals surface area (Å²) in [5, 5.41) is 0. The predicted octanol–water partition coefficient (Wildman–Crippen LogP) is 6.26. The fourth-order valence-electron chi connectivity index (χ4n) is 3.26. The molecule has 11 heteroatoms. The SMILES string of the molecule is FC1=C(F)C2(F)OC2(c2c(F)c(F)c(F)c(F)c2-c2ccccc2F)C(F)=C1F. The lowest BCUT2D eigenvalue weighted by molar-refractivity contribution is 0.145. The Labute approximate surface area is 154 Å². The van der Waals surface area contributed by atoms with Gasteiger partial charge in [0.1, 0.15) is 5.82 Å². The summed E-state index contributed by atoms with van der Waals surface area (Å²) in [6.45, 7) is 0. The highest BCUT2D eigenvalue weighted by Crippen LogP contribution is 2.71. The first-order valence-electron chi connectivity index (χ1n) is 7.63. The molecule has 1 aliphatic heterocycles. The Morgan fingerprint density at radius 2 is 1.21 bits per heavy atom. The molecule has 1 aliphatic carbocycles. The first kappa shape index (κ1) is 19.5. The van der Waals surface area contributed by atoms with Crippen LogP contribution >= 0.6 is 0 Å². The van der Waals surface area contributed by atoms with E-state index in [9.17, 15) is 43.9 Å². The van der Waals surface area contributed by atoms with E-state index < -0.39 is 80.5 Å². The molecule has 1 saturated heterocycles. The average molecular weight is 426 g/mol. The molecule has 1 fully saturated rings. The summed E-state index contributed by atoms with van der Waals surface area (Å²) in [6.07, 6.45) is 0. The van der Waals surface area contributed by atoms with Crippen LogP contribution in [-0.4, -0.2) is 5.85 Å². The zero-order chi connectivity index (χ0) is 21.5. The molecule has 0 spiro atoms. The molecule has 2 unspecified atom stereocenters. The highest BCUT2D eigenvalue weighted by Gasteiger charge is 2.83. The molecule has 4 rings (SSSR count). The van der Waals surface area contributed by atoms with Gasteiger partial charge >= 0.3 is 5.85 Å². The van der Waals surface area contributed by atoms with Gasteiger partial charge in [-0.15, -0.1) is 0 Å². The molecule has 2 aliphatic rings. The predicted molar refractivity (Wildman–Crippen MR) is 76.8 cm³/mol. The molecular formula is C18H4F10O. The van der Waals surface area contributed by atoms with Crippen molar-refractivity contribution in [3.63, 3.8) is 0 Å². The minimum atomic E-state index is -4.24. The van der Waals surface area contributed by atoms with Crippen LogP contribution in [0.25, 0.3) is 11.1 Å². The minimum absolute atomic E-state index is 0.652. The fourth-order valence-corrected chi connectivity index (χ4v) is 3.26. The number of epoxide rings is 1. The van der Waals surface area contributed by atoms with Gasteiger partial charge in [0.2, 0.25) is 11.4 Å². The Hall–Kier alpha value is -2.82. The second-order valence-electron chi connectivity index (χ2n) is 6.12. The number of rotatable bonds is 2. The Kier molecular flexibility index (Phi) is 3.93. The van der Waals surface area contributed by atoms with Crippen LogP contribution in [0.1, 0.15) is 5.56 Å². The van der Waals surface area contributed by atoms with Gasteiger partial charge < -0.3 is 4.74 Å². The Morgan fingerprint density at radius 3 is 1.83 bits per heavy atom. The van der Waals surface area contributed by atoms with Crippen molar-refractivity contribution in [2.45, 2.75) is 11.5 Å². The average Bonchev–Trinajstić information content (AvgIpc) is 3.34. The highest BCUT2D eigenvalue weighted by atomic mass is 19.2. The molecule has 0 aromatic heterocycles. The monoisotopic (exact) mass is 426 g/mol. The molecule has 2 aromatic carbocycles. The van der Waals surface area contributed by atoms with Crippen LogP contribution in [0.2, 0.25) is 0 Å². The number of hydrogen-bond donors (Lipinski definition) is 0. The third-order valence-corrected chi connectivity index (χ3v) is 4.64. The number of alkyl halides is 1. The maximum Gasteiger partial charge on any atom is 0.306 e. The summed E-state index contributed by atoms with van der Waals surface area (Å²) in [7, 11) is 0. The lowest BCUT2D eigenvalue weighted by Crippen LogP contribution is -2.29. The number of ether oxygens (including phenoxy) is 1. The summed E-state index contributed by atoms with van der Waals surface area (Å²) in [6, 6.07) is 3.42. The van der Waals surface area contributed by atoms with Gasteiger partial charge in [0.25, 0.3) is 0 Å². The van der Waals surface area contributed by atoms with E-state index in [1.807, 2.05) is 0 Å². The molecule has 29 heavy (non-hydrogen) atoms. The number of allylic oxidation sites excluding steroid dienone is 2. The summed E-state index contributed by atoms with van der Waals surface area (Å²) < 4.78 is 145. The second kappa shape index (κ2) is 5.85. The molecular weight excluding hydrogens is 422 g/mol. The minimum Gasteiger partial charge on any atom is -0.312 e. The molecule has 0 N–H and O–H groups in total. The van der Waals surface area contributed by atoms with Gasteiger partial charge in [0.05, 0.1) is 0 Å². The zero-order valence-electron chi connectivity index (χ0n) is 13.5. The zero-order valence-corrected chi connectivity index (χ0v) is 13.5. The molecule has 1 heterocycles. The number of hydrogen-bond acceptors (Lipinski definition) is 1. The highest BCUT2D eigenvalue weighted by molar-refractivity contribution is 5.74. The van der Waals surface area contributed by atoms with Crippen molar-refractivity contribution in [1.82, 2.24) is 0 Å². The van der Waals surface area contributed by atoms with E-state index in [4.69, 9.17) is 0 Å². The quantitative estimate of drug-likeness (QED) is 0.239. The van der Waals surface area contributed by atoms with Crippen molar-refractivity contribution in [2.24, 2.45) is 0 Å². The van der Waals surface area contributed by atoms with E-state index in [0.29, 0.717) is 12.1 Å². The van der Waals surface area contributed by atoms with Crippen molar-refractivity contribution in [1.29, 1.82) is 0 Å². The maximum atomic E-state index is 14.8. The van der Waals surface area contributed by atoms with Crippen molar-refractivity contribution in [2.75, 3.05) is 0 Å². The summed E-state index contributed by atoms with van der Waals surface area (Å²) in [5.74, 6) is -26.2. The van der Waals surface area contributed by atoms with Gasteiger partial charge in [0, 0.05) is 16.7 Å². The lowest BCUT2D eigenvalue weighted by atomic mass is 9.82. The number of halogens is 10. The standard InChI is InChI=1S/C18H4F10O/c19-6-4-2-1-3-5(6)7-8(10(21)12(23)11(22)9(7)20)17-15(26)13(24)14(25)16(27)18(17,28)29-17/h1-4H. The van der Waals surface area contributed by atoms with Crippen LogP contribution in [0, 0.1) is 29.1 Å².